The van der Waals surface area contributed by atoms with Gasteiger partial charge >= 0.3 is 7.12 Å². The highest BCUT2D eigenvalue weighted by Gasteiger charge is 2.50. The van der Waals surface area contributed by atoms with E-state index in [1.807, 2.05) is 10.9 Å². The van der Waals surface area contributed by atoms with Gasteiger partial charge in [0.25, 0.3) is 0 Å². The summed E-state index contributed by atoms with van der Waals surface area (Å²) in [4.78, 5) is 0. The van der Waals surface area contributed by atoms with Crippen molar-refractivity contribution < 1.29 is 9.31 Å². The fraction of sp³-hybridized carbons (Fsp3) is 0.471. The molecule has 0 atom stereocenters. The van der Waals surface area contributed by atoms with Gasteiger partial charge in [-0.05, 0) is 44.9 Å². The fourth-order valence-corrected chi connectivity index (χ4v) is 2.79. The second kappa shape index (κ2) is 5.97. The molecule has 1 aromatic heterocycles. The molecule has 2 aromatic rings. The maximum Gasteiger partial charge on any atom is 0.462 e. The van der Waals surface area contributed by atoms with Gasteiger partial charge in [-0.25, -0.2) is 0 Å². The maximum absolute atomic E-state index is 6.05. The minimum Gasteiger partial charge on any atom is -0.403 e. The molecule has 3 rings (SSSR count). The number of halogens is 1. The van der Waals surface area contributed by atoms with Crippen LogP contribution in [0, 0.1) is 0 Å². The van der Waals surface area contributed by atoms with Crippen LogP contribution in [0.4, 0.5) is 0 Å². The summed E-state index contributed by atoms with van der Waals surface area (Å²) in [6.45, 7) is 9.01. The summed E-state index contributed by atoms with van der Waals surface area (Å²) < 4.78 is 13.9. The summed E-state index contributed by atoms with van der Waals surface area (Å²) in [6, 6.07) is 10.2. The molecule has 122 valence electrons. The first-order chi connectivity index (χ1) is 10.7. The zero-order chi connectivity index (χ0) is 16.7. The van der Waals surface area contributed by atoms with E-state index in [1.165, 1.54) is 11.1 Å². The van der Waals surface area contributed by atoms with Gasteiger partial charge in [-0.1, -0.05) is 35.9 Å². The first-order valence-corrected chi connectivity index (χ1v) is 8.25. The Bertz CT molecular complexity index is 666. The first kappa shape index (κ1) is 16.6. The van der Waals surface area contributed by atoms with E-state index < -0.39 is 0 Å². The molecule has 1 aliphatic rings. The standard InChI is InChI=1S/C17H22BClN2O2/c1-16(2)17(3,4)23-18(22-16)11-13-5-7-14(8-6-13)12-21-10-9-15(19)20-21/h5-10H,11-12H2,1-4H3. The Morgan fingerprint density at radius 1 is 1.00 bits per heavy atom. The van der Waals surface area contributed by atoms with Crippen molar-refractivity contribution >= 4 is 18.7 Å². The van der Waals surface area contributed by atoms with Crippen molar-refractivity contribution in [1.29, 1.82) is 0 Å². The molecule has 6 heteroatoms. The smallest absolute Gasteiger partial charge is 0.403 e. The molecule has 23 heavy (non-hydrogen) atoms. The van der Waals surface area contributed by atoms with E-state index in [2.05, 4.69) is 57.1 Å². The predicted molar refractivity (Wildman–Crippen MR) is 92.6 cm³/mol. The third-order valence-electron chi connectivity index (χ3n) is 4.68. The molecule has 1 aliphatic heterocycles. The van der Waals surface area contributed by atoms with E-state index in [0.717, 1.165) is 6.32 Å². The molecular weight excluding hydrogens is 310 g/mol. The first-order valence-electron chi connectivity index (χ1n) is 7.88. The van der Waals surface area contributed by atoms with Gasteiger partial charge in [-0.2, -0.15) is 5.10 Å². The lowest BCUT2D eigenvalue weighted by Gasteiger charge is -2.32. The van der Waals surface area contributed by atoms with Gasteiger partial charge in [0, 0.05) is 12.5 Å². The Morgan fingerprint density at radius 2 is 1.57 bits per heavy atom. The molecule has 0 radical (unpaired) electrons. The van der Waals surface area contributed by atoms with Crippen LogP contribution in [0.5, 0.6) is 0 Å². The molecule has 1 saturated heterocycles. The van der Waals surface area contributed by atoms with E-state index in [4.69, 9.17) is 20.9 Å². The molecule has 4 nitrogen and oxygen atoms in total. The van der Waals surface area contributed by atoms with Crippen LogP contribution in [0.15, 0.2) is 36.5 Å². The molecule has 0 unspecified atom stereocenters. The van der Waals surface area contributed by atoms with Crippen LogP contribution in [0.2, 0.25) is 5.15 Å². The van der Waals surface area contributed by atoms with E-state index in [1.54, 1.807) is 6.07 Å². The second-order valence-electron chi connectivity index (χ2n) is 7.04. The van der Waals surface area contributed by atoms with Crippen molar-refractivity contribution in [1.82, 2.24) is 9.78 Å². The average Bonchev–Trinajstić information content (AvgIpc) is 2.93. The predicted octanol–water partition coefficient (Wildman–Crippen LogP) is 3.76. The molecule has 1 fully saturated rings. The number of hydrogen-bond donors (Lipinski definition) is 0. The van der Waals surface area contributed by atoms with Gasteiger partial charge in [-0.3, -0.25) is 4.68 Å². The normalized spacial score (nSPS) is 19.3. The zero-order valence-corrected chi connectivity index (χ0v) is 14.8. The lowest BCUT2D eigenvalue weighted by molar-refractivity contribution is 0.00578. The van der Waals surface area contributed by atoms with Gasteiger partial charge in [0.2, 0.25) is 0 Å². The van der Waals surface area contributed by atoms with E-state index in [9.17, 15) is 0 Å². The topological polar surface area (TPSA) is 36.3 Å². The van der Waals surface area contributed by atoms with Crippen molar-refractivity contribution in [2.24, 2.45) is 0 Å². The van der Waals surface area contributed by atoms with Crippen LogP contribution in [0.3, 0.4) is 0 Å². The van der Waals surface area contributed by atoms with Crippen LogP contribution in [-0.2, 0) is 22.2 Å². The summed E-state index contributed by atoms with van der Waals surface area (Å²) in [6.07, 6.45) is 2.63. The van der Waals surface area contributed by atoms with Gasteiger partial charge in [0.15, 0.2) is 5.15 Å². The van der Waals surface area contributed by atoms with Crippen molar-refractivity contribution in [3.05, 3.63) is 52.8 Å². The highest BCUT2D eigenvalue weighted by molar-refractivity contribution is 6.45. The van der Waals surface area contributed by atoms with Gasteiger partial charge < -0.3 is 9.31 Å². The maximum atomic E-state index is 6.05. The minimum atomic E-state index is -0.281. The number of benzene rings is 1. The molecule has 0 aliphatic carbocycles. The summed E-state index contributed by atoms with van der Waals surface area (Å²) in [5.74, 6) is 0. The third-order valence-corrected chi connectivity index (χ3v) is 4.88. The molecule has 0 spiro atoms. The lowest BCUT2D eigenvalue weighted by atomic mass is 9.80. The number of nitrogens with zero attached hydrogens (tertiary/aromatic N) is 2. The molecule has 0 saturated carbocycles. The number of rotatable bonds is 4. The molecule has 0 amide bonds. The van der Waals surface area contributed by atoms with Crippen LogP contribution < -0.4 is 0 Å². The molecule has 1 aromatic carbocycles. The monoisotopic (exact) mass is 332 g/mol. The Labute approximate surface area is 142 Å². The van der Waals surface area contributed by atoms with Crippen molar-refractivity contribution in [2.45, 2.75) is 51.8 Å². The lowest BCUT2D eigenvalue weighted by Crippen LogP contribution is -2.41. The summed E-state index contributed by atoms with van der Waals surface area (Å²) in [7, 11) is -0.198. The van der Waals surface area contributed by atoms with E-state index >= 15 is 0 Å². The molecule has 0 N–H and O–H groups in total. The second-order valence-corrected chi connectivity index (χ2v) is 7.43. The highest BCUT2D eigenvalue weighted by atomic mass is 35.5. The molecular formula is C17H22BClN2O2. The summed E-state index contributed by atoms with van der Waals surface area (Å²) in [5, 5.41) is 4.70. The van der Waals surface area contributed by atoms with Crippen LogP contribution in [0.25, 0.3) is 0 Å². The number of hydrogen-bond acceptors (Lipinski definition) is 3. The van der Waals surface area contributed by atoms with Crippen molar-refractivity contribution in [3.8, 4) is 0 Å². The zero-order valence-electron chi connectivity index (χ0n) is 14.0. The summed E-state index contributed by atoms with van der Waals surface area (Å²) in [5.41, 5.74) is 1.82. The Hall–Kier alpha value is -1.30. The highest BCUT2D eigenvalue weighted by Crippen LogP contribution is 2.37. The van der Waals surface area contributed by atoms with E-state index in [-0.39, 0.29) is 18.3 Å². The van der Waals surface area contributed by atoms with Crippen LogP contribution in [-0.4, -0.2) is 28.1 Å². The Morgan fingerprint density at radius 3 is 2.09 bits per heavy atom. The molecule has 2 heterocycles. The fourth-order valence-electron chi connectivity index (χ4n) is 2.63. The third kappa shape index (κ3) is 3.62. The van der Waals surface area contributed by atoms with Crippen molar-refractivity contribution in [3.63, 3.8) is 0 Å². The molecule has 0 bridgehead atoms. The largest absolute Gasteiger partial charge is 0.462 e. The van der Waals surface area contributed by atoms with Gasteiger partial charge in [0.05, 0.1) is 17.7 Å². The van der Waals surface area contributed by atoms with Crippen LogP contribution in [0.1, 0.15) is 38.8 Å². The average molecular weight is 333 g/mol. The number of aromatic nitrogens is 2. The van der Waals surface area contributed by atoms with Crippen molar-refractivity contribution in [2.75, 3.05) is 0 Å². The van der Waals surface area contributed by atoms with E-state index in [0.29, 0.717) is 11.7 Å². The SMILES string of the molecule is CC1(C)OB(Cc2ccc(Cn3ccc(Cl)n3)cc2)OC1(C)C. The van der Waals surface area contributed by atoms with Gasteiger partial charge in [-0.15, -0.1) is 0 Å². The Balaban J connectivity index is 1.62. The quantitative estimate of drug-likeness (QED) is 0.800. The van der Waals surface area contributed by atoms with Crippen LogP contribution >= 0.6 is 11.6 Å². The Kier molecular flexibility index (Phi) is 4.30. The minimum absolute atomic E-state index is 0.198. The summed E-state index contributed by atoms with van der Waals surface area (Å²) >= 11 is 5.83. The van der Waals surface area contributed by atoms with Gasteiger partial charge in [0.1, 0.15) is 0 Å².